The molecule has 0 fully saturated rings. The van der Waals surface area contributed by atoms with Gasteiger partial charge in [0.2, 0.25) is 0 Å². The minimum Gasteiger partial charge on any atom is -0.354 e. The normalized spacial score (nSPS) is 12.1. The zero-order valence-corrected chi connectivity index (χ0v) is 11.6. The number of aryl methyl sites for hydroxylation is 2. The van der Waals surface area contributed by atoms with Crippen LogP contribution in [0.15, 0.2) is 36.4 Å². The van der Waals surface area contributed by atoms with Crippen molar-refractivity contribution in [3.63, 3.8) is 0 Å². The van der Waals surface area contributed by atoms with Crippen LogP contribution in [0.4, 0.5) is 0 Å². The standard InChI is InChI=1S/C17H14N.Li/c1-11-7-8-16-14(9-11)15-10-12-5-3-4-6-13(12)17(15)18(16)2;/h3-4,6-9H,10H2,1-2H3;/q-1;+1. The van der Waals surface area contributed by atoms with E-state index in [0.29, 0.717) is 0 Å². The molecule has 1 nitrogen and oxygen atoms in total. The second-order valence-corrected chi connectivity index (χ2v) is 5.15. The first-order chi connectivity index (χ1) is 8.75. The number of fused-ring (bicyclic) bond motifs is 5. The molecule has 0 N–H and O–H groups in total. The maximum absolute atomic E-state index is 3.38. The van der Waals surface area contributed by atoms with Crippen LogP contribution in [0.25, 0.3) is 22.2 Å². The number of benzene rings is 2. The van der Waals surface area contributed by atoms with Gasteiger partial charge in [-0.2, -0.15) is 24.3 Å². The summed E-state index contributed by atoms with van der Waals surface area (Å²) in [6.07, 6.45) is 1.02. The smallest absolute Gasteiger partial charge is 0.354 e. The van der Waals surface area contributed by atoms with Crippen LogP contribution in [0.5, 0.6) is 0 Å². The van der Waals surface area contributed by atoms with E-state index in [1.165, 1.54) is 38.9 Å². The molecule has 0 spiro atoms. The average Bonchev–Trinajstić information content (AvgIpc) is 2.87. The average molecular weight is 239 g/mol. The van der Waals surface area contributed by atoms with Crippen molar-refractivity contribution < 1.29 is 18.9 Å². The van der Waals surface area contributed by atoms with Crippen molar-refractivity contribution in [2.75, 3.05) is 0 Å². The minimum atomic E-state index is 0. The fourth-order valence-electron chi connectivity index (χ4n) is 3.17. The van der Waals surface area contributed by atoms with Crippen molar-refractivity contribution in [1.29, 1.82) is 0 Å². The molecule has 0 atom stereocenters. The second kappa shape index (κ2) is 4.30. The Kier molecular flexibility index (Phi) is 2.85. The number of hydrogen-bond donors (Lipinski definition) is 0. The van der Waals surface area contributed by atoms with Gasteiger partial charge in [-0.25, -0.2) is 0 Å². The van der Waals surface area contributed by atoms with Crippen molar-refractivity contribution >= 4 is 10.9 Å². The summed E-state index contributed by atoms with van der Waals surface area (Å²) in [4.78, 5) is 0. The zero-order valence-electron chi connectivity index (χ0n) is 11.6. The number of nitrogens with zero attached hydrogens (tertiary/aromatic N) is 1. The molecule has 1 aromatic heterocycles. The molecule has 19 heavy (non-hydrogen) atoms. The van der Waals surface area contributed by atoms with Gasteiger partial charge < -0.3 is 4.57 Å². The molecule has 4 rings (SSSR count). The maximum Gasteiger partial charge on any atom is 1.00 e. The Morgan fingerprint density at radius 1 is 1.21 bits per heavy atom. The molecule has 3 aromatic rings. The van der Waals surface area contributed by atoms with E-state index in [4.69, 9.17) is 0 Å². The molecule has 0 saturated carbocycles. The summed E-state index contributed by atoms with van der Waals surface area (Å²) in [5.41, 5.74) is 8.19. The van der Waals surface area contributed by atoms with Gasteiger partial charge in [0.15, 0.2) is 0 Å². The van der Waals surface area contributed by atoms with Crippen LogP contribution in [-0.4, -0.2) is 4.57 Å². The van der Waals surface area contributed by atoms with Crippen molar-refractivity contribution in [2.24, 2.45) is 7.05 Å². The van der Waals surface area contributed by atoms with E-state index in [9.17, 15) is 0 Å². The van der Waals surface area contributed by atoms with E-state index in [2.05, 4.69) is 54.9 Å². The first-order valence-electron chi connectivity index (χ1n) is 6.33. The van der Waals surface area contributed by atoms with Crippen LogP contribution in [0, 0.1) is 13.0 Å². The predicted octanol–water partition coefficient (Wildman–Crippen LogP) is 0.862. The molecule has 1 aliphatic carbocycles. The van der Waals surface area contributed by atoms with Crippen molar-refractivity contribution in [3.05, 3.63) is 59.2 Å². The largest absolute Gasteiger partial charge is 1.00 e. The molecule has 0 unspecified atom stereocenters. The van der Waals surface area contributed by atoms with Gasteiger partial charge in [0.25, 0.3) is 0 Å². The Bertz CT molecular complexity index is 783. The third kappa shape index (κ3) is 1.62. The summed E-state index contributed by atoms with van der Waals surface area (Å²) in [6.45, 7) is 2.16. The van der Waals surface area contributed by atoms with E-state index in [-0.39, 0.29) is 18.9 Å². The molecular weight excluding hydrogens is 225 g/mol. The van der Waals surface area contributed by atoms with Gasteiger partial charge in [-0.05, 0) is 36.7 Å². The molecule has 1 aliphatic rings. The predicted molar refractivity (Wildman–Crippen MR) is 74.7 cm³/mol. The van der Waals surface area contributed by atoms with Crippen molar-refractivity contribution in [1.82, 2.24) is 4.57 Å². The molecule has 88 valence electrons. The van der Waals surface area contributed by atoms with E-state index < -0.39 is 0 Å². The molecule has 0 aliphatic heterocycles. The monoisotopic (exact) mass is 239 g/mol. The Labute approximate surface area is 125 Å². The quantitative estimate of drug-likeness (QED) is 0.317. The third-order valence-corrected chi connectivity index (χ3v) is 4.01. The Balaban J connectivity index is 0.00000110. The van der Waals surface area contributed by atoms with Crippen LogP contribution < -0.4 is 18.9 Å². The first-order valence-corrected chi connectivity index (χ1v) is 6.33. The summed E-state index contributed by atoms with van der Waals surface area (Å²) in [7, 11) is 2.17. The molecule has 0 bridgehead atoms. The number of rotatable bonds is 0. The third-order valence-electron chi connectivity index (χ3n) is 4.01. The van der Waals surface area contributed by atoms with Gasteiger partial charge >= 0.3 is 18.9 Å². The summed E-state index contributed by atoms with van der Waals surface area (Å²) < 4.78 is 2.32. The van der Waals surface area contributed by atoms with Crippen LogP contribution in [0.2, 0.25) is 0 Å². The van der Waals surface area contributed by atoms with Crippen LogP contribution in [0.3, 0.4) is 0 Å². The van der Waals surface area contributed by atoms with Gasteiger partial charge in [0, 0.05) is 18.0 Å². The maximum atomic E-state index is 3.38. The topological polar surface area (TPSA) is 4.93 Å². The molecule has 1 heterocycles. The van der Waals surface area contributed by atoms with Crippen molar-refractivity contribution in [2.45, 2.75) is 13.3 Å². The van der Waals surface area contributed by atoms with Crippen LogP contribution in [0.1, 0.15) is 16.7 Å². The fourth-order valence-corrected chi connectivity index (χ4v) is 3.17. The van der Waals surface area contributed by atoms with Crippen molar-refractivity contribution in [3.8, 4) is 11.3 Å². The summed E-state index contributed by atoms with van der Waals surface area (Å²) in [6, 6.07) is 16.4. The first kappa shape index (κ1) is 12.6. The zero-order chi connectivity index (χ0) is 12.3. The minimum absolute atomic E-state index is 0. The number of hydrogen-bond acceptors (Lipinski definition) is 0. The van der Waals surface area contributed by atoms with Gasteiger partial charge in [0.1, 0.15) is 0 Å². The van der Waals surface area contributed by atoms with Gasteiger partial charge in [-0.3, -0.25) is 0 Å². The van der Waals surface area contributed by atoms with E-state index >= 15 is 0 Å². The molecular formula is C17H14LiN. The summed E-state index contributed by atoms with van der Waals surface area (Å²) in [5.74, 6) is 0. The van der Waals surface area contributed by atoms with Gasteiger partial charge in [0.05, 0.1) is 0 Å². The fraction of sp³-hybridized carbons (Fsp3) is 0.176. The molecule has 0 amide bonds. The van der Waals surface area contributed by atoms with Gasteiger partial charge in [-0.1, -0.05) is 11.6 Å². The van der Waals surface area contributed by atoms with Gasteiger partial charge in [-0.15, -0.1) is 11.1 Å². The Morgan fingerprint density at radius 3 is 2.89 bits per heavy atom. The second-order valence-electron chi connectivity index (χ2n) is 5.15. The Morgan fingerprint density at radius 2 is 2.05 bits per heavy atom. The van der Waals surface area contributed by atoms with E-state index in [1.54, 1.807) is 0 Å². The summed E-state index contributed by atoms with van der Waals surface area (Å²) >= 11 is 0. The van der Waals surface area contributed by atoms with E-state index in [0.717, 1.165) is 6.42 Å². The Hall–Kier alpha value is -1.42. The molecule has 0 saturated heterocycles. The van der Waals surface area contributed by atoms with Crippen LogP contribution >= 0.6 is 0 Å². The summed E-state index contributed by atoms with van der Waals surface area (Å²) in [5, 5.41) is 1.40. The van der Waals surface area contributed by atoms with Crippen LogP contribution in [-0.2, 0) is 13.5 Å². The van der Waals surface area contributed by atoms with E-state index in [1.807, 2.05) is 6.07 Å². The molecule has 0 radical (unpaired) electrons. The SMILES string of the molecule is Cc1ccc2c(c1)c1c(n2C)-c2ccc[c-]c2C1.[Li+]. The molecule has 2 heteroatoms. The number of aromatic nitrogens is 1. The molecule has 2 aromatic carbocycles.